The molecule has 1 saturated heterocycles. The molecule has 1 aliphatic rings. The largest absolute Gasteiger partial charge is 0.395 e. The Morgan fingerprint density at radius 3 is 2.69 bits per heavy atom. The minimum atomic E-state index is -0.0575. The second-order valence-corrected chi connectivity index (χ2v) is 7.81. The van der Waals surface area contributed by atoms with Crippen LogP contribution in [0.25, 0.3) is 5.65 Å². The second-order valence-electron chi connectivity index (χ2n) is 7.81. The van der Waals surface area contributed by atoms with E-state index in [1.807, 2.05) is 17.0 Å². The molecule has 170 valence electrons. The molecule has 0 unspecified atom stereocenters. The maximum absolute atomic E-state index is 13.0. The number of hydrogen-bond acceptors (Lipinski definition) is 9. The summed E-state index contributed by atoms with van der Waals surface area (Å²) >= 11 is 0. The SMILES string of the molecule is CNc1cc(Nc2cc(COC)cc(N(C)N)c2N)nc2c(C(=O)N3CCCC3)cnn12. The van der Waals surface area contributed by atoms with Crippen molar-refractivity contribution < 1.29 is 9.53 Å². The van der Waals surface area contributed by atoms with Crippen LogP contribution < -0.4 is 27.2 Å². The highest BCUT2D eigenvalue weighted by molar-refractivity contribution is 6.00. The van der Waals surface area contributed by atoms with E-state index in [-0.39, 0.29) is 5.91 Å². The van der Waals surface area contributed by atoms with Crippen LogP contribution in [0, 0.1) is 0 Å². The van der Waals surface area contributed by atoms with Gasteiger partial charge in [-0.1, -0.05) is 0 Å². The van der Waals surface area contributed by atoms with Crippen LogP contribution in [0.1, 0.15) is 28.8 Å². The summed E-state index contributed by atoms with van der Waals surface area (Å²) < 4.78 is 6.90. The standard InChI is InChI=1S/C21H29N9O2/c1-24-18-10-17(26-15-8-13(12-32-3)9-16(19(15)22)28(2)23)27-20-14(11-25-30(18)20)21(31)29-6-4-5-7-29/h8-11,24H,4-7,12,22-23H2,1-3H3,(H,26,27). The molecular formula is C21H29N9O2. The van der Waals surface area contributed by atoms with Gasteiger partial charge in [0.25, 0.3) is 5.91 Å². The van der Waals surface area contributed by atoms with Crippen LogP contribution in [0.4, 0.5) is 28.7 Å². The zero-order valence-electron chi connectivity index (χ0n) is 18.6. The van der Waals surface area contributed by atoms with Crippen molar-refractivity contribution in [2.24, 2.45) is 5.84 Å². The molecule has 11 heteroatoms. The van der Waals surface area contributed by atoms with Gasteiger partial charge in [0.05, 0.1) is 29.9 Å². The predicted molar refractivity (Wildman–Crippen MR) is 125 cm³/mol. The number of aromatic nitrogens is 3. The number of nitrogens with one attached hydrogen (secondary N) is 2. The van der Waals surface area contributed by atoms with Crippen LogP contribution in [0.5, 0.6) is 0 Å². The number of carbonyl (C=O) groups excluding carboxylic acids is 1. The molecular weight excluding hydrogens is 410 g/mol. The number of ether oxygens (including phenoxy) is 1. The van der Waals surface area contributed by atoms with Crippen LogP contribution in [0.15, 0.2) is 24.4 Å². The van der Waals surface area contributed by atoms with Gasteiger partial charge in [-0.25, -0.2) is 10.8 Å². The average molecular weight is 440 g/mol. The number of nitrogens with two attached hydrogens (primary N) is 2. The minimum absolute atomic E-state index is 0.0575. The Morgan fingerprint density at radius 1 is 1.28 bits per heavy atom. The molecule has 11 nitrogen and oxygen atoms in total. The molecule has 1 aromatic carbocycles. The van der Waals surface area contributed by atoms with E-state index in [9.17, 15) is 4.79 Å². The quantitative estimate of drug-likeness (QED) is 0.246. The summed E-state index contributed by atoms with van der Waals surface area (Å²) in [6.45, 7) is 1.91. The number of nitrogen functional groups attached to an aromatic ring is 1. The van der Waals surface area contributed by atoms with Gasteiger partial charge in [0, 0.05) is 40.4 Å². The molecule has 0 atom stereocenters. The average Bonchev–Trinajstić information content (AvgIpc) is 3.45. The first-order chi connectivity index (χ1) is 15.4. The summed E-state index contributed by atoms with van der Waals surface area (Å²) in [6, 6.07) is 5.57. The minimum Gasteiger partial charge on any atom is -0.395 e. The van der Waals surface area contributed by atoms with Gasteiger partial charge >= 0.3 is 0 Å². The second kappa shape index (κ2) is 8.89. The number of nitrogens with zero attached hydrogens (tertiary/aromatic N) is 5. The maximum atomic E-state index is 13.0. The molecule has 1 aliphatic heterocycles. The molecule has 3 aromatic rings. The number of methoxy groups -OCH3 is 1. The Kier molecular flexibility index (Phi) is 6.01. The summed E-state index contributed by atoms with van der Waals surface area (Å²) in [6.07, 6.45) is 3.60. The lowest BCUT2D eigenvalue weighted by Crippen LogP contribution is -2.27. The van der Waals surface area contributed by atoms with E-state index in [1.165, 1.54) is 5.01 Å². The molecule has 1 amide bonds. The summed E-state index contributed by atoms with van der Waals surface area (Å²) in [5.74, 6) is 7.11. The highest BCUT2D eigenvalue weighted by Gasteiger charge is 2.24. The number of benzene rings is 1. The predicted octanol–water partition coefficient (Wildman–Crippen LogP) is 1.79. The fraction of sp³-hybridized carbons (Fsp3) is 0.381. The van der Waals surface area contributed by atoms with E-state index in [0.29, 0.717) is 46.5 Å². The van der Waals surface area contributed by atoms with Gasteiger partial charge in [0.15, 0.2) is 5.65 Å². The van der Waals surface area contributed by atoms with Gasteiger partial charge in [-0.15, -0.1) is 0 Å². The maximum Gasteiger partial charge on any atom is 0.259 e. The van der Waals surface area contributed by atoms with E-state index in [1.54, 1.807) is 38.0 Å². The van der Waals surface area contributed by atoms with E-state index in [4.69, 9.17) is 21.3 Å². The molecule has 32 heavy (non-hydrogen) atoms. The molecule has 1 fully saturated rings. The summed E-state index contributed by atoms with van der Waals surface area (Å²) in [7, 11) is 5.14. The van der Waals surface area contributed by atoms with Gasteiger partial charge in [-0.2, -0.15) is 9.61 Å². The Bertz CT molecular complexity index is 1140. The van der Waals surface area contributed by atoms with E-state index in [2.05, 4.69) is 15.7 Å². The van der Waals surface area contributed by atoms with E-state index >= 15 is 0 Å². The number of fused-ring (bicyclic) bond motifs is 1. The molecule has 0 bridgehead atoms. The van der Waals surface area contributed by atoms with E-state index < -0.39 is 0 Å². The van der Waals surface area contributed by atoms with Crippen LogP contribution in [0.2, 0.25) is 0 Å². The number of amides is 1. The number of hydrogen-bond donors (Lipinski definition) is 4. The fourth-order valence-electron chi connectivity index (χ4n) is 3.93. The van der Waals surface area contributed by atoms with Crippen LogP contribution >= 0.6 is 0 Å². The van der Waals surface area contributed by atoms with E-state index in [0.717, 1.165) is 31.5 Å². The fourth-order valence-corrected chi connectivity index (χ4v) is 3.93. The van der Waals surface area contributed by atoms with Crippen molar-refractivity contribution in [2.45, 2.75) is 19.4 Å². The Labute approximate surface area is 186 Å². The molecule has 0 radical (unpaired) electrons. The van der Waals surface area contributed by atoms with Crippen LogP contribution in [0.3, 0.4) is 0 Å². The number of anilines is 5. The lowest BCUT2D eigenvalue weighted by molar-refractivity contribution is 0.0794. The van der Waals surface area contributed by atoms with Crippen molar-refractivity contribution in [3.63, 3.8) is 0 Å². The molecule has 0 spiro atoms. The zero-order valence-corrected chi connectivity index (χ0v) is 18.6. The number of carbonyl (C=O) groups is 1. The van der Waals surface area contributed by atoms with Crippen molar-refractivity contribution >= 4 is 40.3 Å². The Morgan fingerprint density at radius 2 is 2.03 bits per heavy atom. The van der Waals surface area contributed by atoms with Crippen molar-refractivity contribution in [2.75, 3.05) is 55.7 Å². The molecule has 2 aromatic heterocycles. The lowest BCUT2D eigenvalue weighted by atomic mass is 10.1. The number of likely N-dealkylation sites (tertiary alicyclic amines) is 1. The zero-order chi connectivity index (χ0) is 22.8. The summed E-state index contributed by atoms with van der Waals surface area (Å²) in [5.41, 5.74) is 9.99. The number of rotatable bonds is 7. The number of hydrazine groups is 1. The smallest absolute Gasteiger partial charge is 0.259 e. The van der Waals surface area contributed by atoms with Gasteiger partial charge in [0.2, 0.25) is 0 Å². The monoisotopic (exact) mass is 439 g/mol. The lowest BCUT2D eigenvalue weighted by Gasteiger charge is -2.20. The van der Waals surface area contributed by atoms with Gasteiger partial charge in [-0.05, 0) is 30.5 Å². The first kappa shape index (κ1) is 21.7. The Balaban J connectivity index is 1.76. The van der Waals surface area contributed by atoms with Crippen molar-refractivity contribution in [1.29, 1.82) is 0 Å². The molecule has 4 rings (SSSR count). The Hall–Kier alpha value is -3.57. The van der Waals surface area contributed by atoms with Crippen molar-refractivity contribution in [3.8, 4) is 0 Å². The molecule has 0 aliphatic carbocycles. The van der Waals surface area contributed by atoms with Crippen LogP contribution in [-0.2, 0) is 11.3 Å². The molecule has 0 saturated carbocycles. The summed E-state index contributed by atoms with van der Waals surface area (Å²) in [5, 5.41) is 12.2. The first-order valence-corrected chi connectivity index (χ1v) is 10.5. The van der Waals surface area contributed by atoms with Crippen molar-refractivity contribution in [1.82, 2.24) is 19.5 Å². The van der Waals surface area contributed by atoms with Crippen molar-refractivity contribution in [3.05, 3.63) is 35.5 Å². The topological polar surface area (TPSA) is 139 Å². The highest BCUT2D eigenvalue weighted by Crippen LogP contribution is 2.33. The molecule has 6 N–H and O–H groups in total. The van der Waals surface area contributed by atoms with Gasteiger partial charge in [0.1, 0.15) is 17.2 Å². The highest BCUT2D eigenvalue weighted by atomic mass is 16.5. The third-order valence-electron chi connectivity index (χ3n) is 5.52. The van der Waals surface area contributed by atoms with Crippen LogP contribution in [-0.4, -0.2) is 59.7 Å². The normalized spacial score (nSPS) is 13.6. The first-order valence-electron chi connectivity index (χ1n) is 10.5. The third kappa shape index (κ3) is 3.99. The summed E-state index contributed by atoms with van der Waals surface area (Å²) in [4.78, 5) is 19.6. The van der Waals surface area contributed by atoms with Gasteiger partial charge < -0.3 is 31.0 Å². The van der Waals surface area contributed by atoms with Gasteiger partial charge in [-0.3, -0.25) is 4.79 Å². The molecule has 3 heterocycles. The third-order valence-corrected chi connectivity index (χ3v) is 5.52.